The number of benzene rings is 4. The molecular weight excluding hydrogens is 589 g/mol. The topological polar surface area (TPSA) is 72.1 Å². The standard InChI is InChI=1S/C35H28N4OS3/c36-33-30-27-21-28(23-13-5-1-6-14-23)42-31(24-15-7-2-8-16-24)32(27)43-34(30)38-35(37-33)41-22-29(40)39(25-17-9-3-10-18-25)26-19-11-4-12-20-26/h1-20,28,31H,21-22H2,(H2,36,37,38)/t28-,31-/m1/s1. The Morgan fingerprint density at radius 2 is 1.35 bits per heavy atom. The molecule has 0 bridgehead atoms. The highest BCUT2D eigenvalue weighted by atomic mass is 32.2. The molecule has 0 aliphatic carbocycles. The summed E-state index contributed by atoms with van der Waals surface area (Å²) in [5, 5.41) is 1.94. The van der Waals surface area contributed by atoms with Gasteiger partial charge in [0.05, 0.1) is 16.4 Å². The van der Waals surface area contributed by atoms with E-state index in [0.717, 1.165) is 28.0 Å². The van der Waals surface area contributed by atoms with E-state index in [1.165, 1.54) is 33.3 Å². The molecule has 0 saturated carbocycles. The minimum absolute atomic E-state index is 0.0543. The Labute approximate surface area is 263 Å². The first-order chi connectivity index (χ1) is 21.2. The second kappa shape index (κ2) is 12.2. The number of carbonyl (C=O) groups is 1. The van der Waals surface area contributed by atoms with Crippen LogP contribution in [0.2, 0.25) is 0 Å². The summed E-state index contributed by atoms with van der Waals surface area (Å²) < 4.78 is 0. The van der Waals surface area contributed by atoms with Gasteiger partial charge < -0.3 is 5.73 Å². The van der Waals surface area contributed by atoms with E-state index in [1.807, 2.05) is 72.4 Å². The number of thiophene rings is 1. The first kappa shape index (κ1) is 27.7. The third-order valence-corrected chi connectivity index (χ3v) is 11.2. The maximum atomic E-state index is 13.6. The molecule has 6 aromatic rings. The zero-order chi connectivity index (χ0) is 29.2. The van der Waals surface area contributed by atoms with E-state index in [1.54, 1.807) is 16.2 Å². The fourth-order valence-corrected chi connectivity index (χ4v) is 9.30. The van der Waals surface area contributed by atoms with Crippen LogP contribution in [0.25, 0.3) is 10.2 Å². The Morgan fingerprint density at radius 3 is 1.95 bits per heavy atom. The van der Waals surface area contributed by atoms with Crippen molar-refractivity contribution in [1.82, 2.24) is 9.97 Å². The van der Waals surface area contributed by atoms with Crippen molar-refractivity contribution in [2.24, 2.45) is 0 Å². The molecule has 3 heterocycles. The minimum atomic E-state index is -0.0543. The van der Waals surface area contributed by atoms with Crippen LogP contribution in [-0.4, -0.2) is 21.6 Å². The molecular formula is C35H28N4OS3. The van der Waals surface area contributed by atoms with E-state index in [2.05, 4.69) is 60.7 Å². The number of nitrogens with zero attached hydrogens (tertiary/aromatic N) is 3. The Bertz CT molecular complexity index is 1830. The van der Waals surface area contributed by atoms with Gasteiger partial charge in [-0.25, -0.2) is 9.97 Å². The maximum Gasteiger partial charge on any atom is 0.242 e. The van der Waals surface area contributed by atoms with Crippen LogP contribution < -0.4 is 10.6 Å². The molecule has 7 rings (SSSR count). The van der Waals surface area contributed by atoms with Gasteiger partial charge in [0.25, 0.3) is 0 Å². The number of amides is 1. The van der Waals surface area contributed by atoms with Gasteiger partial charge >= 0.3 is 0 Å². The smallest absolute Gasteiger partial charge is 0.242 e. The number of fused-ring (bicyclic) bond motifs is 3. The van der Waals surface area contributed by atoms with Crippen molar-refractivity contribution in [3.63, 3.8) is 0 Å². The van der Waals surface area contributed by atoms with E-state index in [0.29, 0.717) is 16.2 Å². The van der Waals surface area contributed by atoms with Crippen LogP contribution in [0, 0.1) is 0 Å². The summed E-state index contributed by atoms with van der Waals surface area (Å²) in [5.74, 6) is 0.602. The van der Waals surface area contributed by atoms with Gasteiger partial charge in [-0.05, 0) is 47.4 Å². The molecule has 212 valence electrons. The van der Waals surface area contributed by atoms with Crippen LogP contribution in [0.1, 0.15) is 32.1 Å². The molecule has 1 amide bonds. The summed E-state index contributed by atoms with van der Waals surface area (Å²) in [4.78, 5) is 27.2. The van der Waals surface area contributed by atoms with Crippen molar-refractivity contribution in [1.29, 1.82) is 0 Å². The summed E-state index contributed by atoms with van der Waals surface area (Å²) in [6.07, 6.45) is 0.870. The molecule has 4 aromatic carbocycles. The molecule has 0 saturated heterocycles. The summed E-state index contributed by atoms with van der Waals surface area (Å²) in [6, 6.07) is 40.7. The predicted molar refractivity (Wildman–Crippen MR) is 181 cm³/mol. The number of anilines is 3. The third kappa shape index (κ3) is 5.66. The fraction of sp³-hybridized carbons (Fsp3) is 0.114. The zero-order valence-electron chi connectivity index (χ0n) is 23.2. The van der Waals surface area contributed by atoms with Crippen LogP contribution in [0.4, 0.5) is 17.2 Å². The Hall–Kier alpha value is -4.11. The zero-order valence-corrected chi connectivity index (χ0v) is 25.6. The molecule has 0 unspecified atom stereocenters. The molecule has 1 aliphatic rings. The summed E-state index contributed by atoms with van der Waals surface area (Å²) >= 11 is 5.01. The molecule has 2 aromatic heterocycles. The number of hydrogen-bond acceptors (Lipinski definition) is 7. The van der Waals surface area contributed by atoms with Gasteiger partial charge in [0, 0.05) is 21.5 Å². The molecule has 43 heavy (non-hydrogen) atoms. The number of nitrogen functional groups attached to an aromatic ring is 1. The van der Waals surface area contributed by atoms with Crippen LogP contribution >= 0.6 is 34.9 Å². The first-order valence-electron chi connectivity index (χ1n) is 14.1. The van der Waals surface area contributed by atoms with Gasteiger partial charge in [-0.2, -0.15) is 0 Å². The highest BCUT2D eigenvalue weighted by Crippen LogP contribution is 2.55. The Morgan fingerprint density at radius 1 is 0.791 bits per heavy atom. The minimum Gasteiger partial charge on any atom is -0.383 e. The molecule has 5 nitrogen and oxygen atoms in total. The number of thioether (sulfide) groups is 2. The number of aromatic nitrogens is 2. The second-order valence-corrected chi connectivity index (χ2v) is 13.5. The van der Waals surface area contributed by atoms with Gasteiger partial charge in [-0.15, -0.1) is 23.1 Å². The van der Waals surface area contributed by atoms with Gasteiger partial charge in [-0.3, -0.25) is 9.69 Å². The van der Waals surface area contributed by atoms with Gasteiger partial charge in [0.2, 0.25) is 5.91 Å². The first-order valence-corrected chi connectivity index (χ1v) is 16.8. The number of para-hydroxylation sites is 2. The maximum absolute atomic E-state index is 13.6. The average molecular weight is 617 g/mol. The van der Waals surface area contributed by atoms with E-state index in [-0.39, 0.29) is 16.9 Å². The van der Waals surface area contributed by atoms with E-state index < -0.39 is 0 Å². The van der Waals surface area contributed by atoms with E-state index in [9.17, 15) is 4.79 Å². The number of hydrogen-bond donors (Lipinski definition) is 1. The summed E-state index contributed by atoms with van der Waals surface area (Å²) in [6.45, 7) is 0. The Balaban J connectivity index is 1.21. The van der Waals surface area contributed by atoms with Crippen molar-refractivity contribution in [3.8, 4) is 0 Å². The van der Waals surface area contributed by atoms with Crippen LogP contribution in [0.5, 0.6) is 0 Å². The molecule has 0 fully saturated rings. The monoisotopic (exact) mass is 616 g/mol. The third-order valence-electron chi connectivity index (χ3n) is 7.49. The van der Waals surface area contributed by atoms with Gasteiger partial charge in [-0.1, -0.05) is 109 Å². The van der Waals surface area contributed by atoms with Crippen molar-refractivity contribution in [3.05, 3.63) is 143 Å². The lowest BCUT2D eigenvalue weighted by molar-refractivity contribution is -0.115. The normalized spacial score (nSPS) is 16.1. The van der Waals surface area contributed by atoms with Crippen molar-refractivity contribution in [2.45, 2.75) is 22.1 Å². The molecule has 2 N–H and O–H groups in total. The summed E-state index contributed by atoms with van der Waals surface area (Å²) in [7, 11) is 0. The van der Waals surface area contributed by atoms with Crippen molar-refractivity contribution >= 4 is 68.2 Å². The second-order valence-electron chi connectivity index (χ2n) is 10.2. The van der Waals surface area contributed by atoms with Crippen molar-refractivity contribution < 1.29 is 4.79 Å². The number of carbonyl (C=O) groups excluding carboxylic acids is 1. The molecule has 0 radical (unpaired) electrons. The van der Waals surface area contributed by atoms with Crippen LogP contribution in [0.15, 0.2) is 126 Å². The summed E-state index contributed by atoms with van der Waals surface area (Å²) in [5.41, 5.74) is 12.1. The highest BCUT2D eigenvalue weighted by molar-refractivity contribution is 8.00. The largest absolute Gasteiger partial charge is 0.383 e. The highest BCUT2D eigenvalue weighted by Gasteiger charge is 2.34. The van der Waals surface area contributed by atoms with Crippen molar-refractivity contribution in [2.75, 3.05) is 16.4 Å². The SMILES string of the molecule is Nc1nc(SCC(=O)N(c2ccccc2)c2ccccc2)nc2sc3c(c12)C[C@H](c1ccccc1)S[C@@H]3c1ccccc1. The molecule has 2 atom stereocenters. The average Bonchev–Trinajstić information content (AvgIpc) is 3.44. The molecule has 0 spiro atoms. The number of rotatable bonds is 7. The van der Waals surface area contributed by atoms with Crippen LogP contribution in [0.3, 0.4) is 0 Å². The van der Waals surface area contributed by atoms with E-state index in [4.69, 9.17) is 15.7 Å². The Kier molecular flexibility index (Phi) is 7.89. The molecule has 1 aliphatic heterocycles. The number of nitrogens with two attached hydrogens (primary N) is 1. The van der Waals surface area contributed by atoms with E-state index >= 15 is 0 Å². The van der Waals surface area contributed by atoms with Gasteiger partial charge in [0.1, 0.15) is 10.6 Å². The molecule has 8 heteroatoms. The fourth-order valence-electron chi connectivity index (χ4n) is 5.53. The predicted octanol–water partition coefficient (Wildman–Crippen LogP) is 8.85. The lowest BCUT2D eigenvalue weighted by Crippen LogP contribution is -2.27. The lowest BCUT2D eigenvalue weighted by atomic mass is 9.98. The lowest BCUT2D eigenvalue weighted by Gasteiger charge is -2.30. The van der Waals surface area contributed by atoms with Gasteiger partial charge in [0.15, 0.2) is 5.16 Å². The van der Waals surface area contributed by atoms with Crippen LogP contribution in [-0.2, 0) is 11.2 Å². The quantitative estimate of drug-likeness (QED) is 0.143.